The minimum absolute atomic E-state index is 0.114. The first kappa shape index (κ1) is 17.7. The molecule has 3 rings (SSSR count). The Morgan fingerprint density at radius 3 is 2.50 bits per heavy atom. The van der Waals surface area contributed by atoms with Gasteiger partial charge < -0.3 is 20.4 Å². The zero-order valence-electron chi connectivity index (χ0n) is 14.3. The van der Waals surface area contributed by atoms with E-state index in [1.54, 1.807) is 36.4 Å². The van der Waals surface area contributed by atoms with Crippen molar-refractivity contribution in [1.29, 1.82) is 0 Å². The number of rotatable bonds is 5. The van der Waals surface area contributed by atoms with Crippen molar-refractivity contribution in [2.24, 2.45) is 0 Å². The van der Waals surface area contributed by atoms with Crippen LogP contribution in [0.15, 0.2) is 47.1 Å². The Bertz CT molecular complexity index is 780. The first-order valence-corrected chi connectivity index (χ1v) is 8.65. The maximum atomic E-state index is 12.5. The number of benzene rings is 1. The van der Waals surface area contributed by atoms with E-state index in [0.29, 0.717) is 17.0 Å². The molecule has 1 saturated carbocycles. The van der Waals surface area contributed by atoms with E-state index in [0.717, 1.165) is 25.7 Å². The van der Waals surface area contributed by atoms with Crippen molar-refractivity contribution >= 4 is 23.4 Å². The minimum Gasteiger partial charge on any atom is -0.467 e. The van der Waals surface area contributed by atoms with Crippen LogP contribution < -0.4 is 16.0 Å². The summed E-state index contributed by atoms with van der Waals surface area (Å²) in [5.41, 5.74) is 0.646. The van der Waals surface area contributed by atoms with Gasteiger partial charge in [-0.1, -0.05) is 25.0 Å². The highest BCUT2D eigenvalue weighted by atomic mass is 16.3. The normalized spacial score (nSPS) is 14.0. The maximum Gasteiger partial charge on any atom is 0.313 e. The molecule has 3 amide bonds. The number of para-hydroxylation sites is 1. The molecule has 7 heteroatoms. The number of hydrogen-bond acceptors (Lipinski definition) is 4. The van der Waals surface area contributed by atoms with Crippen LogP contribution in [0.4, 0.5) is 5.69 Å². The van der Waals surface area contributed by atoms with Crippen LogP contribution in [0.1, 0.15) is 41.8 Å². The van der Waals surface area contributed by atoms with Gasteiger partial charge in [-0.15, -0.1) is 0 Å². The van der Waals surface area contributed by atoms with Gasteiger partial charge in [0.1, 0.15) is 5.76 Å². The predicted octanol–water partition coefficient (Wildman–Crippen LogP) is 2.21. The Morgan fingerprint density at radius 1 is 1.00 bits per heavy atom. The van der Waals surface area contributed by atoms with Gasteiger partial charge in [0.25, 0.3) is 5.91 Å². The Labute approximate surface area is 151 Å². The largest absolute Gasteiger partial charge is 0.467 e. The minimum atomic E-state index is -0.835. The van der Waals surface area contributed by atoms with Gasteiger partial charge in [-0.05, 0) is 37.1 Å². The molecule has 7 nitrogen and oxygen atoms in total. The Morgan fingerprint density at radius 2 is 1.77 bits per heavy atom. The van der Waals surface area contributed by atoms with Gasteiger partial charge in [-0.25, -0.2) is 0 Å². The molecule has 3 N–H and O–H groups in total. The molecule has 0 saturated heterocycles. The van der Waals surface area contributed by atoms with Crippen molar-refractivity contribution < 1.29 is 18.8 Å². The van der Waals surface area contributed by atoms with E-state index < -0.39 is 11.8 Å². The number of carbonyl (C=O) groups is 3. The summed E-state index contributed by atoms with van der Waals surface area (Å²) in [6.07, 6.45) is 5.64. The lowest BCUT2D eigenvalue weighted by Crippen LogP contribution is -2.36. The quantitative estimate of drug-likeness (QED) is 0.716. The molecule has 1 aromatic carbocycles. The predicted molar refractivity (Wildman–Crippen MR) is 95.3 cm³/mol. The number of nitrogens with one attached hydrogen (secondary N) is 3. The second-order valence-electron chi connectivity index (χ2n) is 6.22. The summed E-state index contributed by atoms with van der Waals surface area (Å²) >= 11 is 0. The fraction of sp³-hybridized carbons (Fsp3) is 0.316. The third-order valence-corrected chi connectivity index (χ3v) is 4.32. The first-order chi connectivity index (χ1) is 12.6. The summed E-state index contributed by atoms with van der Waals surface area (Å²) in [4.78, 5) is 36.5. The number of furan rings is 1. The fourth-order valence-electron chi connectivity index (χ4n) is 2.96. The van der Waals surface area contributed by atoms with E-state index in [9.17, 15) is 14.4 Å². The molecule has 2 aromatic rings. The van der Waals surface area contributed by atoms with Crippen molar-refractivity contribution in [3.63, 3.8) is 0 Å². The summed E-state index contributed by atoms with van der Waals surface area (Å²) < 4.78 is 5.10. The molecule has 0 radical (unpaired) electrons. The topological polar surface area (TPSA) is 100 Å². The Kier molecular flexibility index (Phi) is 5.68. The van der Waals surface area contributed by atoms with Crippen molar-refractivity contribution in [3.05, 3.63) is 54.0 Å². The molecular weight excluding hydrogens is 334 g/mol. The highest BCUT2D eigenvalue weighted by Crippen LogP contribution is 2.20. The van der Waals surface area contributed by atoms with Crippen molar-refractivity contribution in [1.82, 2.24) is 10.6 Å². The van der Waals surface area contributed by atoms with Gasteiger partial charge in [0.2, 0.25) is 0 Å². The third-order valence-electron chi connectivity index (χ3n) is 4.32. The lowest BCUT2D eigenvalue weighted by Gasteiger charge is -2.14. The summed E-state index contributed by atoms with van der Waals surface area (Å²) in [5.74, 6) is -1.34. The van der Waals surface area contributed by atoms with Crippen LogP contribution in [0, 0.1) is 0 Å². The molecule has 0 atom stereocenters. The molecule has 1 aromatic heterocycles. The van der Waals surface area contributed by atoms with E-state index in [-0.39, 0.29) is 18.5 Å². The van der Waals surface area contributed by atoms with Gasteiger partial charge in [-0.2, -0.15) is 0 Å². The van der Waals surface area contributed by atoms with E-state index in [1.807, 2.05) is 0 Å². The summed E-state index contributed by atoms with van der Waals surface area (Å²) in [5, 5.41) is 7.95. The van der Waals surface area contributed by atoms with Crippen LogP contribution in [0.3, 0.4) is 0 Å². The number of hydrogen-bond donors (Lipinski definition) is 3. The van der Waals surface area contributed by atoms with Gasteiger partial charge in [-0.3, -0.25) is 14.4 Å². The highest BCUT2D eigenvalue weighted by Gasteiger charge is 2.21. The van der Waals surface area contributed by atoms with Crippen LogP contribution in [-0.4, -0.2) is 23.8 Å². The zero-order chi connectivity index (χ0) is 18.4. The van der Waals surface area contributed by atoms with Crippen LogP contribution >= 0.6 is 0 Å². The molecule has 136 valence electrons. The highest BCUT2D eigenvalue weighted by molar-refractivity contribution is 6.40. The number of anilines is 1. The standard InChI is InChI=1S/C19H21N3O4/c23-17(21-13-6-1-2-7-13)15-9-3-4-10-16(15)22-19(25)18(24)20-12-14-8-5-11-26-14/h3-5,8-11,13H,1-2,6-7,12H2,(H,20,24)(H,21,23)(H,22,25). The first-order valence-electron chi connectivity index (χ1n) is 8.65. The van der Waals surface area contributed by atoms with Gasteiger partial charge in [0, 0.05) is 6.04 Å². The van der Waals surface area contributed by atoms with Crippen LogP contribution in [0.25, 0.3) is 0 Å². The lowest BCUT2D eigenvalue weighted by molar-refractivity contribution is -0.136. The van der Waals surface area contributed by atoms with E-state index in [1.165, 1.54) is 6.26 Å². The van der Waals surface area contributed by atoms with Crippen molar-refractivity contribution in [2.45, 2.75) is 38.3 Å². The Hall–Kier alpha value is -3.09. The van der Waals surface area contributed by atoms with Crippen LogP contribution in [0.2, 0.25) is 0 Å². The molecular formula is C19H21N3O4. The molecule has 1 heterocycles. The second kappa shape index (κ2) is 8.33. The smallest absolute Gasteiger partial charge is 0.313 e. The SMILES string of the molecule is O=C(NCc1ccco1)C(=O)Nc1ccccc1C(=O)NC1CCCC1. The summed E-state index contributed by atoms with van der Waals surface area (Å²) in [6.45, 7) is 0.114. The van der Waals surface area contributed by atoms with E-state index in [2.05, 4.69) is 16.0 Å². The summed E-state index contributed by atoms with van der Waals surface area (Å²) in [6, 6.07) is 10.2. The monoisotopic (exact) mass is 355 g/mol. The molecule has 0 aliphatic heterocycles. The van der Waals surface area contributed by atoms with Crippen LogP contribution in [-0.2, 0) is 16.1 Å². The molecule has 26 heavy (non-hydrogen) atoms. The fourth-order valence-corrected chi connectivity index (χ4v) is 2.96. The Balaban J connectivity index is 1.60. The number of carbonyl (C=O) groups excluding carboxylic acids is 3. The molecule has 1 aliphatic carbocycles. The van der Waals surface area contributed by atoms with E-state index in [4.69, 9.17) is 4.42 Å². The zero-order valence-corrected chi connectivity index (χ0v) is 14.3. The third kappa shape index (κ3) is 4.50. The molecule has 1 aliphatic rings. The van der Waals surface area contributed by atoms with Crippen molar-refractivity contribution in [3.8, 4) is 0 Å². The van der Waals surface area contributed by atoms with Crippen molar-refractivity contribution in [2.75, 3.05) is 5.32 Å². The second-order valence-corrected chi connectivity index (χ2v) is 6.22. The maximum absolute atomic E-state index is 12.5. The van der Waals surface area contributed by atoms with Gasteiger partial charge >= 0.3 is 11.8 Å². The molecule has 0 unspecified atom stereocenters. The van der Waals surface area contributed by atoms with Gasteiger partial charge in [0.15, 0.2) is 0 Å². The van der Waals surface area contributed by atoms with Gasteiger partial charge in [0.05, 0.1) is 24.1 Å². The lowest BCUT2D eigenvalue weighted by atomic mass is 10.1. The summed E-state index contributed by atoms with van der Waals surface area (Å²) in [7, 11) is 0. The average molecular weight is 355 g/mol. The van der Waals surface area contributed by atoms with E-state index >= 15 is 0 Å². The molecule has 0 spiro atoms. The van der Waals surface area contributed by atoms with Crippen LogP contribution in [0.5, 0.6) is 0 Å². The molecule has 1 fully saturated rings. The molecule has 0 bridgehead atoms. The average Bonchev–Trinajstić information content (AvgIpc) is 3.33. The number of amides is 3.